The summed E-state index contributed by atoms with van der Waals surface area (Å²) in [4.78, 5) is 0. The molecule has 3 heteroatoms. The first-order valence-electron chi connectivity index (χ1n) is 2.51. The Balaban J connectivity index is 4.36. The molecule has 0 amide bonds. The summed E-state index contributed by atoms with van der Waals surface area (Å²) < 4.78 is 4.80. The number of nitrogens with one attached hydrogen (secondary N) is 1. The summed E-state index contributed by atoms with van der Waals surface area (Å²) >= 11 is 0. The molecule has 50 valence electrons. The van der Waals surface area contributed by atoms with E-state index in [-0.39, 0.29) is 0 Å². The van der Waals surface area contributed by atoms with Crippen LogP contribution in [0, 0.1) is 5.53 Å². The lowest BCUT2D eigenvalue weighted by molar-refractivity contribution is 0.301. The monoisotopic (exact) mass is 126 g/mol. The van der Waals surface area contributed by atoms with E-state index >= 15 is 0 Å². The van der Waals surface area contributed by atoms with Crippen molar-refractivity contribution in [2.45, 2.75) is 6.92 Å². The van der Waals surface area contributed by atoms with Gasteiger partial charge in [0.1, 0.15) is 11.5 Å². The summed E-state index contributed by atoms with van der Waals surface area (Å²) in [5, 5.41) is 3.16. The number of ether oxygens (including phenoxy) is 1. The number of allylic oxidation sites excluding steroid dienone is 2. The molecule has 9 heavy (non-hydrogen) atoms. The van der Waals surface area contributed by atoms with Crippen LogP contribution in [-0.2, 0) is 4.74 Å². The van der Waals surface area contributed by atoms with Gasteiger partial charge in [0.15, 0.2) is 0 Å². The van der Waals surface area contributed by atoms with Gasteiger partial charge in [-0.2, -0.15) is 5.11 Å². The van der Waals surface area contributed by atoms with Crippen LogP contribution in [0.1, 0.15) is 6.92 Å². The number of methoxy groups -OCH3 is 1. The molecule has 0 bridgehead atoms. The molecule has 0 fully saturated rings. The number of rotatable bonds is 3. The van der Waals surface area contributed by atoms with E-state index in [1.54, 1.807) is 6.92 Å². The lowest BCUT2D eigenvalue weighted by Crippen LogP contribution is -1.83. The molecule has 0 rings (SSSR count). The van der Waals surface area contributed by atoms with Gasteiger partial charge in [-0.25, -0.2) is 5.53 Å². The minimum Gasteiger partial charge on any atom is -0.495 e. The van der Waals surface area contributed by atoms with Crippen LogP contribution in [0.15, 0.2) is 29.2 Å². The number of hydrogen-bond acceptors (Lipinski definition) is 3. The highest BCUT2D eigenvalue weighted by atomic mass is 16.5. The molecule has 0 radical (unpaired) electrons. The fourth-order valence-corrected chi connectivity index (χ4v) is 0.434. The Labute approximate surface area is 54.5 Å². The van der Waals surface area contributed by atoms with E-state index in [2.05, 4.69) is 11.7 Å². The lowest BCUT2D eigenvalue weighted by atomic mass is 10.4. The number of nitrogens with zero attached hydrogens (tertiary/aromatic N) is 1. The van der Waals surface area contributed by atoms with E-state index < -0.39 is 0 Å². The van der Waals surface area contributed by atoms with Crippen molar-refractivity contribution in [2.75, 3.05) is 7.11 Å². The van der Waals surface area contributed by atoms with Gasteiger partial charge in [-0.05, 0) is 13.0 Å². The van der Waals surface area contributed by atoms with Crippen molar-refractivity contribution in [3.05, 3.63) is 24.1 Å². The Kier molecular flexibility index (Phi) is 3.35. The third-order valence-electron chi connectivity index (χ3n) is 0.930. The Morgan fingerprint density at radius 2 is 2.33 bits per heavy atom. The van der Waals surface area contributed by atoms with Crippen LogP contribution in [-0.4, -0.2) is 7.11 Å². The van der Waals surface area contributed by atoms with Gasteiger partial charge < -0.3 is 4.74 Å². The van der Waals surface area contributed by atoms with E-state index in [0.717, 1.165) is 0 Å². The quantitative estimate of drug-likeness (QED) is 0.351. The highest BCUT2D eigenvalue weighted by Gasteiger charge is 1.92. The van der Waals surface area contributed by atoms with Crippen LogP contribution < -0.4 is 0 Å². The first-order valence-corrected chi connectivity index (χ1v) is 2.51. The first-order chi connectivity index (χ1) is 4.26. The van der Waals surface area contributed by atoms with Crippen molar-refractivity contribution in [1.29, 1.82) is 5.53 Å². The molecule has 0 heterocycles. The zero-order chi connectivity index (χ0) is 7.28. The van der Waals surface area contributed by atoms with Crippen LogP contribution in [0.25, 0.3) is 0 Å². The third-order valence-corrected chi connectivity index (χ3v) is 0.930. The van der Waals surface area contributed by atoms with Crippen LogP contribution in [0.4, 0.5) is 0 Å². The van der Waals surface area contributed by atoms with Gasteiger partial charge in [-0.3, -0.25) is 0 Å². The van der Waals surface area contributed by atoms with Gasteiger partial charge in [0.25, 0.3) is 0 Å². The molecule has 0 saturated heterocycles. The van der Waals surface area contributed by atoms with E-state index in [4.69, 9.17) is 10.3 Å². The van der Waals surface area contributed by atoms with Crippen LogP contribution in [0.5, 0.6) is 0 Å². The molecule has 3 nitrogen and oxygen atoms in total. The van der Waals surface area contributed by atoms with Crippen molar-refractivity contribution in [3.63, 3.8) is 0 Å². The minimum atomic E-state index is 0.535. The van der Waals surface area contributed by atoms with Crippen molar-refractivity contribution in [1.82, 2.24) is 0 Å². The fourth-order valence-electron chi connectivity index (χ4n) is 0.434. The molecule has 0 aromatic rings. The molecule has 0 aliphatic carbocycles. The lowest BCUT2D eigenvalue weighted by Gasteiger charge is -1.98. The maximum absolute atomic E-state index is 6.59. The van der Waals surface area contributed by atoms with Gasteiger partial charge in [0.2, 0.25) is 0 Å². The summed E-state index contributed by atoms with van der Waals surface area (Å²) in [6.45, 7) is 5.16. The molecule has 0 spiro atoms. The average molecular weight is 126 g/mol. The summed E-state index contributed by atoms with van der Waals surface area (Å²) in [6.07, 6.45) is 1.52. The van der Waals surface area contributed by atoms with Gasteiger partial charge in [-0.1, -0.05) is 6.58 Å². The second-order valence-electron chi connectivity index (χ2n) is 1.47. The smallest absolute Gasteiger partial charge is 0.141 e. The molecular formula is C6H10N2O. The standard InChI is InChI=1S/C6H10N2O/c1-4-6(9-3)5(2)8-7/h4,7H,1H2,2-3H3/b6-5-,8-7?. The molecule has 0 aromatic carbocycles. The van der Waals surface area contributed by atoms with Crippen molar-refractivity contribution < 1.29 is 4.74 Å². The average Bonchev–Trinajstić information content (AvgIpc) is 1.90. The predicted octanol–water partition coefficient (Wildman–Crippen LogP) is 2.08. The first kappa shape index (κ1) is 7.88. The van der Waals surface area contributed by atoms with E-state index in [1.807, 2.05) is 0 Å². The molecular weight excluding hydrogens is 116 g/mol. The normalized spacial score (nSPS) is 11.8. The molecule has 0 unspecified atom stereocenters. The van der Waals surface area contributed by atoms with Crippen LogP contribution >= 0.6 is 0 Å². The Morgan fingerprint density at radius 1 is 1.78 bits per heavy atom. The third kappa shape index (κ3) is 2.08. The summed E-state index contributed by atoms with van der Waals surface area (Å²) in [6, 6.07) is 0. The summed E-state index contributed by atoms with van der Waals surface area (Å²) in [5.41, 5.74) is 7.12. The van der Waals surface area contributed by atoms with Gasteiger partial charge in [0.05, 0.1) is 7.11 Å². The predicted molar refractivity (Wildman–Crippen MR) is 35.1 cm³/mol. The zero-order valence-corrected chi connectivity index (χ0v) is 5.64. The highest BCUT2D eigenvalue weighted by molar-refractivity contribution is 5.14. The van der Waals surface area contributed by atoms with Crippen LogP contribution in [0.3, 0.4) is 0 Å². The highest BCUT2D eigenvalue weighted by Crippen LogP contribution is 2.05. The van der Waals surface area contributed by atoms with Gasteiger partial charge in [0, 0.05) is 0 Å². The Bertz CT molecular complexity index is 149. The molecule has 1 N–H and O–H groups in total. The zero-order valence-electron chi connectivity index (χ0n) is 5.64. The molecule has 0 saturated carbocycles. The maximum atomic E-state index is 6.59. The molecule has 0 aromatic heterocycles. The van der Waals surface area contributed by atoms with Crippen LogP contribution in [0.2, 0.25) is 0 Å². The SMILES string of the molecule is C=C/C(OC)=C(\C)N=N. The minimum absolute atomic E-state index is 0.535. The van der Waals surface area contributed by atoms with Gasteiger partial charge >= 0.3 is 0 Å². The summed E-state index contributed by atoms with van der Waals surface area (Å²) in [7, 11) is 1.52. The molecule has 0 aliphatic rings. The van der Waals surface area contributed by atoms with Gasteiger partial charge in [-0.15, -0.1) is 0 Å². The number of hydrogen-bond donors (Lipinski definition) is 1. The van der Waals surface area contributed by atoms with Crippen molar-refractivity contribution in [2.24, 2.45) is 5.11 Å². The summed E-state index contributed by atoms with van der Waals surface area (Å²) in [5.74, 6) is 0.546. The molecule has 0 aliphatic heterocycles. The maximum Gasteiger partial charge on any atom is 0.141 e. The Hall–Kier alpha value is -1.12. The second-order valence-corrected chi connectivity index (χ2v) is 1.47. The second kappa shape index (κ2) is 3.83. The van der Waals surface area contributed by atoms with E-state index in [9.17, 15) is 0 Å². The fraction of sp³-hybridized carbons (Fsp3) is 0.333. The van der Waals surface area contributed by atoms with Crippen molar-refractivity contribution in [3.8, 4) is 0 Å². The van der Waals surface area contributed by atoms with E-state index in [1.165, 1.54) is 13.2 Å². The largest absolute Gasteiger partial charge is 0.495 e. The molecule has 0 atom stereocenters. The Morgan fingerprint density at radius 3 is 2.44 bits per heavy atom. The van der Waals surface area contributed by atoms with E-state index in [0.29, 0.717) is 11.5 Å². The topological polar surface area (TPSA) is 45.4 Å². The van der Waals surface area contributed by atoms with Crippen molar-refractivity contribution >= 4 is 0 Å².